The third-order valence-electron chi connectivity index (χ3n) is 3.00. The average molecular weight is 332 g/mol. The third kappa shape index (κ3) is 4.29. The maximum atomic E-state index is 12.1. The number of Topliss-reactive ketones (excluding diaryl/α,β-unsaturated/α-hetero) is 1. The van der Waals surface area contributed by atoms with Crippen LogP contribution in [0.1, 0.15) is 33.3 Å². The van der Waals surface area contributed by atoms with E-state index in [-0.39, 0.29) is 28.7 Å². The molecule has 0 saturated heterocycles. The summed E-state index contributed by atoms with van der Waals surface area (Å²) in [5.74, 6) is -0.597. The van der Waals surface area contributed by atoms with Crippen LogP contribution < -0.4 is 5.69 Å². The summed E-state index contributed by atoms with van der Waals surface area (Å²) in [6.07, 6.45) is 0. The van der Waals surface area contributed by atoms with Crippen LogP contribution in [-0.2, 0) is 4.74 Å². The lowest BCUT2D eigenvalue weighted by Gasteiger charge is -2.09. The molecule has 23 heavy (non-hydrogen) atoms. The molecule has 0 bridgehead atoms. The number of ketones is 1. The molecular formula is C16H16N2O4S. The minimum atomic E-state index is -0.566. The van der Waals surface area contributed by atoms with E-state index in [0.29, 0.717) is 11.3 Å². The summed E-state index contributed by atoms with van der Waals surface area (Å²) in [5, 5.41) is 0.203. The number of hydrogen-bond acceptors (Lipinski definition) is 6. The number of thioether (sulfide) groups is 1. The molecule has 1 aromatic carbocycles. The highest BCUT2D eigenvalue weighted by molar-refractivity contribution is 8.00. The van der Waals surface area contributed by atoms with E-state index in [1.54, 1.807) is 38.1 Å². The molecule has 0 aliphatic carbocycles. The van der Waals surface area contributed by atoms with Crippen LogP contribution in [0.25, 0.3) is 0 Å². The number of ether oxygens (including phenoxy) is 1. The third-order valence-corrected chi connectivity index (χ3v) is 3.98. The highest BCUT2D eigenvalue weighted by Crippen LogP contribution is 2.22. The number of carbonyl (C=O) groups excluding carboxylic acids is 2. The Labute approximate surface area is 137 Å². The first-order valence-electron chi connectivity index (χ1n) is 7.02. The van der Waals surface area contributed by atoms with Crippen LogP contribution in [0.2, 0.25) is 0 Å². The molecule has 1 aromatic heterocycles. The summed E-state index contributed by atoms with van der Waals surface area (Å²) in [7, 11) is 0. The van der Waals surface area contributed by atoms with Crippen molar-refractivity contribution in [3.8, 4) is 0 Å². The Balaban J connectivity index is 2.23. The van der Waals surface area contributed by atoms with Crippen molar-refractivity contribution in [2.24, 2.45) is 0 Å². The molecular weight excluding hydrogens is 316 g/mol. The molecule has 7 heteroatoms. The molecule has 0 atom stereocenters. The Morgan fingerprint density at radius 2 is 1.96 bits per heavy atom. The number of H-pyrrole nitrogens is 1. The fourth-order valence-electron chi connectivity index (χ4n) is 1.95. The van der Waals surface area contributed by atoms with E-state index < -0.39 is 11.7 Å². The van der Waals surface area contributed by atoms with Gasteiger partial charge in [0.1, 0.15) is 10.6 Å². The number of aryl methyl sites for hydroxylation is 1. The van der Waals surface area contributed by atoms with Gasteiger partial charge in [0.25, 0.3) is 0 Å². The van der Waals surface area contributed by atoms with Gasteiger partial charge in [-0.25, -0.2) is 9.59 Å². The van der Waals surface area contributed by atoms with Gasteiger partial charge in [0.2, 0.25) is 0 Å². The number of aromatic nitrogens is 2. The van der Waals surface area contributed by atoms with E-state index in [9.17, 15) is 14.4 Å². The van der Waals surface area contributed by atoms with Gasteiger partial charge in [0, 0.05) is 11.3 Å². The monoisotopic (exact) mass is 332 g/mol. The lowest BCUT2D eigenvalue weighted by atomic mass is 10.2. The lowest BCUT2D eigenvalue weighted by molar-refractivity contribution is 0.0519. The largest absolute Gasteiger partial charge is 0.462 e. The summed E-state index contributed by atoms with van der Waals surface area (Å²) >= 11 is 1.05. The van der Waals surface area contributed by atoms with Crippen LogP contribution in [0.5, 0.6) is 0 Å². The first-order valence-corrected chi connectivity index (χ1v) is 8.00. The van der Waals surface area contributed by atoms with E-state index >= 15 is 0 Å². The fourth-order valence-corrected chi connectivity index (χ4v) is 2.91. The molecule has 0 fully saturated rings. The standard InChI is InChI=1S/C16H16N2O4S/c1-3-22-15(20)13-10(2)17-16(21)18-14(13)23-9-12(19)11-7-5-4-6-8-11/h4-8H,3,9H2,1-2H3,(H,17,18,21). The van der Waals surface area contributed by atoms with Crippen LogP contribution in [0.15, 0.2) is 40.2 Å². The van der Waals surface area contributed by atoms with Gasteiger partial charge in [-0.15, -0.1) is 0 Å². The van der Waals surface area contributed by atoms with Gasteiger partial charge >= 0.3 is 11.7 Å². The zero-order valence-corrected chi connectivity index (χ0v) is 13.6. The molecule has 6 nitrogen and oxygen atoms in total. The van der Waals surface area contributed by atoms with Crippen molar-refractivity contribution in [3.05, 3.63) is 57.6 Å². The Hall–Kier alpha value is -2.41. The van der Waals surface area contributed by atoms with Crippen molar-refractivity contribution < 1.29 is 14.3 Å². The van der Waals surface area contributed by atoms with Crippen LogP contribution in [0.3, 0.4) is 0 Å². The van der Waals surface area contributed by atoms with Crippen molar-refractivity contribution in [1.82, 2.24) is 9.97 Å². The van der Waals surface area contributed by atoms with E-state index in [1.807, 2.05) is 6.07 Å². The Kier molecular flexibility index (Phi) is 5.70. The van der Waals surface area contributed by atoms with Crippen molar-refractivity contribution in [3.63, 3.8) is 0 Å². The number of rotatable bonds is 6. The average Bonchev–Trinajstić information content (AvgIpc) is 2.53. The Morgan fingerprint density at radius 3 is 2.61 bits per heavy atom. The number of aromatic amines is 1. The number of esters is 1. The summed E-state index contributed by atoms with van der Waals surface area (Å²) in [6, 6.07) is 8.80. The van der Waals surface area contributed by atoms with Gasteiger partial charge in [0.05, 0.1) is 12.4 Å². The highest BCUT2D eigenvalue weighted by Gasteiger charge is 2.20. The van der Waals surface area contributed by atoms with Crippen LogP contribution in [-0.4, -0.2) is 34.1 Å². The van der Waals surface area contributed by atoms with E-state index in [2.05, 4.69) is 9.97 Å². The summed E-state index contributed by atoms with van der Waals surface area (Å²) in [5.41, 5.74) is 0.569. The Bertz CT molecular complexity index is 771. The quantitative estimate of drug-likeness (QED) is 0.378. The van der Waals surface area contributed by atoms with Crippen molar-refractivity contribution in [1.29, 1.82) is 0 Å². The van der Waals surface area contributed by atoms with Crippen LogP contribution in [0.4, 0.5) is 0 Å². The molecule has 120 valence electrons. The maximum Gasteiger partial charge on any atom is 0.346 e. The topological polar surface area (TPSA) is 89.1 Å². The second kappa shape index (κ2) is 7.73. The predicted octanol–water partition coefficient (Wildman–Crippen LogP) is 2.23. The second-order valence-corrected chi connectivity index (χ2v) is 5.61. The number of carbonyl (C=O) groups is 2. The van der Waals surface area contributed by atoms with E-state index in [0.717, 1.165) is 11.8 Å². The van der Waals surface area contributed by atoms with Crippen molar-refractivity contribution >= 4 is 23.5 Å². The van der Waals surface area contributed by atoms with Crippen LogP contribution in [0, 0.1) is 6.92 Å². The highest BCUT2D eigenvalue weighted by atomic mass is 32.2. The molecule has 0 saturated carbocycles. The van der Waals surface area contributed by atoms with Gasteiger partial charge in [-0.3, -0.25) is 4.79 Å². The van der Waals surface area contributed by atoms with Crippen molar-refractivity contribution in [2.45, 2.75) is 18.9 Å². The summed E-state index contributed by atoms with van der Waals surface area (Å²) in [6.45, 7) is 3.50. The zero-order chi connectivity index (χ0) is 16.8. The number of benzene rings is 1. The minimum absolute atomic E-state index is 0.0757. The maximum absolute atomic E-state index is 12.1. The predicted molar refractivity (Wildman–Crippen MR) is 87.0 cm³/mol. The zero-order valence-electron chi connectivity index (χ0n) is 12.8. The van der Waals surface area contributed by atoms with Gasteiger partial charge in [-0.05, 0) is 13.8 Å². The minimum Gasteiger partial charge on any atom is -0.462 e. The molecule has 0 amide bonds. The summed E-state index contributed by atoms with van der Waals surface area (Å²) in [4.78, 5) is 42.0. The number of hydrogen-bond donors (Lipinski definition) is 1. The molecule has 0 unspecified atom stereocenters. The molecule has 0 spiro atoms. The molecule has 0 radical (unpaired) electrons. The Morgan fingerprint density at radius 1 is 1.26 bits per heavy atom. The molecule has 2 aromatic rings. The van der Waals surface area contributed by atoms with E-state index in [1.165, 1.54) is 0 Å². The first-order chi connectivity index (χ1) is 11.0. The van der Waals surface area contributed by atoms with Crippen LogP contribution >= 0.6 is 11.8 Å². The second-order valence-electron chi connectivity index (χ2n) is 4.65. The molecule has 0 aliphatic heterocycles. The van der Waals surface area contributed by atoms with Gasteiger partial charge < -0.3 is 9.72 Å². The number of nitrogens with zero attached hydrogens (tertiary/aromatic N) is 1. The lowest BCUT2D eigenvalue weighted by Crippen LogP contribution is -2.20. The number of nitrogens with one attached hydrogen (secondary N) is 1. The van der Waals surface area contributed by atoms with E-state index in [4.69, 9.17) is 4.74 Å². The van der Waals surface area contributed by atoms with Gasteiger partial charge in [-0.1, -0.05) is 42.1 Å². The fraction of sp³-hybridized carbons (Fsp3) is 0.250. The molecule has 0 aliphatic rings. The normalized spacial score (nSPS) is 10.3. The molecule has 2 rings (SSSR count). The first kappa shape index (κ1) is 17.0. The molecule has 1 N–H and O–H groups in total. The van der Waals surface area contributed by atoms with Gasteiger partial charge in [0.15, 0.2) is 5.78 Å². The van der Waals surface area contributed by atoms with Gasteiger partial charge in [-0.2, -0.15) is 4.98 Å². The smallest absolute Gasteiger partial charge is 0.346 e. The summed E-state index contributed by atoms with van der Waals surface area (Å²) < 4.78 is 4.98. The van der Waals surface area contributed by atoms with Crippen molar-refractivity contribution in [2.75, 3.05) is 12.4 Å². The SMILES string of the molecule is CCOC(=O)c1c(SCC(=O)c2ccccc2)nc(=O)[nH]c1C. The molecule has 1 heterocycles.